The fraction of sp³-hybridized carbons (Fsp3) is 0.190. The zero-order valence-electron chi connectivity index (χ0n) is 27.7. The number of halogens is 2. The van der Waals surface area contributed by atoms with Crippen molar-refractivity contribution in [3.63, 3.8) is 0 Å². The minimum Gasteiger partial charge on any atom is -0.481 e. The van der Waals surface area contributed by atoms with Gasteiger partial charge in [-0.2, -0.15) is 0 Å². The Kier molecular flexibility index (Phi) is 15.2. The number of aryl methyl sites for hydroxylation is 2. The van der Waals surface area contributed by atoms with Crippen LogP contribution in [0.4, 0.5) is 0 Å². The molecule has 0 heterocycles. The molecule has 0 fully saturated rings. The molecule has 6 aromatic rings. The highest BCUT2D eigenvalue weighted by molar-refractivity contribution is 9.10. The van der Waals surface area contributed by atoms with E-state index in [4.69, 9.17) is 21.7 Å². The molecule has 0 bridgehead atoms. The zero-order chi connectivity index (χ0) is 35.9. The Hall–Kier alpha value is -4.34. The van der Waals surface area contributed by atoms with Crippen LogP contribution in [0.5, 0.6) is 0 Å². The Morgan fingerprint density at radius 2 is 0.840 bits per heavy atom. The maximum absolute atomic E-state index is 9.64. The fourth-order valence-electron chi connectivity index (χ4n) is 5.61. The Labute approximate surface area is 310 Å². The molecule has 0 spiro atoms. The number of aliphatic carboxylic acids is 2. The van der Waals surface area contributed by atoms with E-state index in [0.29, 0.717) is 0 Å². The third-order valence-corrected chi connectivity index (χ3v) is 9.42. The molecule has 0 aliphatic carbocycles. The minimum absolute atomic E-state index is 0.0806. The van der Waals surface area contributed by atoms with Gasteiger partial charge in [-0.05, 0) is 93.7 Å². The lowest BCUT2D eigenvalue weighted by Gasteiger charge is -2.13. The second-order valence-electron chi connectivity index (χ2n) is 12.0. The SMILES string of the molecule is NC(CCc1cccc2ccccc12)c1ccc(Br)cc1.NC(CCc1cccc2ccccc12)c1ccc(Br)cc1.O=C(O)CCC(=O)O. The van der Waals surface area contributed by atoms with Crippen LogP contribution in [0.3, 0.4) is 0 Å². The minimum atomic E-state index is -1.08. The summed E-state index contributed by atoms with van der Waals surface area (Å²) >= 11 is 6.91. The first-order valence-corrected chi connectivity index (χ1v) is 18.1. The molecule has 6 N–H and O–H groups in total. The first-order chi connectivity index (χ1) is 24.1. The number of hydrogen-bond acceptors (Lipinski definition) is 4. The molecule has 0 aromatic heterocycles. The molecule has 0 aliphatic rings. The monoisotopic (exact) mass is 796 g/mol. The lowest BCUT2D eigenvalue weighted by atomic mass is 9.96. The molecule has 50 heavy (non-hydrogen) atoms. The summed E-state index contributed by atoms with van der Waals surface area (Å²) < 4.78 is 2.18. The van der Waals surface area contributed by atoms with Gasteiger partial charge in [0.25, 0.3) is 0 Å². The number of carboxylic acids is 2. The second kappa shape index (κ2) is 19.7. The molecule has 2 unspecified atom stereocenters. The summed E-state index contributed by atoms with van der Waals surface area (Å²) in [6, 6.07) is 46.8. The van der Waals surface area contributed by atoms with Crippen molar-refractivity contribution < 1.29 is 19.8 Å². The van der Waals surface area contributed by atoms with E-state index < -0.39 is 11.9 Å². The van der Waals surface area contributed by atoms with Crippen molar-refractivity contribution in [1.82, 2.24) is 0 Å². The normalized spacial score (nSPS) is 11.8. The van der Waals surface area contributed by atoms with Crippen molar-refractivity contribution in [2.75, 3.05) is 0 Å². The van der Waals surface area contributed by atoms with Crippen LogP contribution in [-0.2, 0) is 22.4 Å². The summed E-state index contributed by atoms with van der Waals surface area (Å²) in [6.45, 7) is 0. The van der Waals surface area contributed by atoms with E-state index in [1.165, 1.54) is 43.8 Å². The smallest absolute Gasteiger partial charge is 0.303 e. The van der Waals surface area contributed by atoms with Gasteiger partial charge in [0.2, 0.25) is 0 Å². The maximum atomic E-state index is 9.64. The summed E-state index contributed by atoms with van der Waals surface area (Å²) in [5.74, 6) is -2.15. The highest BCUT2D eigenvalue weighted by atomic mass is 79.9. The van der Waals surface area contributed by atoms with Gasteiger partial charge < -0.3 is 21.7 Å². The third kappa shape index (κ3) is 12.2. The molecule has 0 aliphatic heterocycles. The molecule has 2 atom stereocenters. The molecule has 258 valence electrons. The molecular weight excluding hydrogens is 756 g/mol. The van der Waals surface area contributed by atoms with Gasteiger partial charge in [0.05, 0.1) is 12.8 Å². The summed E-state index contributed by atoms with van der Waals surface area (Å²) in [5, 5.41) is 21.1. The molecule has 8 heteroatoms. The predicted molar refractivity (Wildman–Crippen MR) is 211 cm³/mol. The van der Waals surface area contributed by atoms with Crippen molar-refractivity contribution in [1.29, 1.82) is 0 Å². The number of rotatable bonds is 11. The number of carbonyl (C=O) groups is 2. The van der Waals surface area contributed by atoms with Gasteiger partial charge in [0.1, 0.15) is 0 Å². The van der Waals surface area contributed by atoms with E-state index in [-0.39, 0.29) is 24.9 Å². The standard InChI is InChI=1S/2C19H18BrN.C4H6O4/c2*20-17-11-8-16(9-12-17)19(21)13-10-15-6-3-5-14-4-1-2-7-18(14)15;5-3(6)1-2-4(7)8/h2*1-9,11-12,19H,10,13,21H2;1-2H2,(H,5,6)(H,7,8). The molecule has 0 saturated heterocycles. The first kappa shape index (κ1) is 38.5. The Morgan fingerprint density at radius 3 is 1.20 bits per heavy atom. The van der Waals surface area contributed by atoms with E-state index in [0.717, 1.165) is 34.6 Å². The molecule has 6 rings (SSSR count). The summed E-state index contributed by atoms with van der Waals surface area (Å²) in [7, 11) is 0. The van der Waals surface area contributed by atoms with E-state index in [2.05, 4.69) is 141 Å². The van der Waals surface area contributed by atoms with Crippen molar-refractivity contribution >= 4 is 65.3 Å². The topological polar surface area (TPSA) is 127 Å². The van der Waals surface area contributed by atoms with Crippen LogP contribution < -0.4 is 11.5 Å². The van der Waals surface area contributed by atoms with Crippen LogP contribution in [0, 0.1) is 0 Å². The average Bonchev–Trinajstić information content (AvgIpc) is 3.13. The fourth-order valence-corrected chi connectivity index (χ4v) is 6.14. The van der Waals surface area contributed by atoms with E-state index in [9.17, 15) is 9.59 Å². The highest BCUT2D eigenvalue weighted by Gasteiger charge is 2.09. The summed E-state index contributed by atoms with van der Waals surface area (Å²) in [4.78, 5) is 19.3. The zero-order valence-corrected chi connectivity index (χ0v) is 30.9. The Bertz CT molecular complexity index is 1830. The van der Waals surface area contributed by atoms with E-state index in [1.54, 1.807) is 0 Å². The first-order valence-electron chi connectivity index (χ1n) is 16.5. The number of fused-ring (bicyclic) bond motifs is 2. The molecule has 0 radical (unpaired) electrons. The van der Waals surface area contributed by atoms with Crippen molar-refractivity contribution in [3.8, 4) is 0 Å². The third-order valence-electron chi connectivity index (χ3n) is 8.36. The van der Waals surface area contributed by atoms with Crippen LogP contribution in [0.1, 0.15) is 60.0 Å². The quantitative estimate of drug-likeness (QED) is 0.103. The molecule has 0 amide bonds. The maximum Gasteiger partial charge on any atom is 0.303 e. The van der Waals surface area contributed by atoms with Crippen LogP contribution in [0.2, 0.25) is 0 Å². The molecule has 6 nitrogen and oxygen atoms in total. The van der Waals surface area contributed by atoms with Crippen LogP contribution in [0.15, 0.2) is 142 Å². The van der Waals surface area contributed by atoms with Gasteiger partial charge in [0.15, 0.2) is 0 Å². The van der Waals surface area contributed by atoms with Gasteiger partial charge in [0, 0.05) is 21.0 Å². The van der Waals surface area contributed by atoms with Gasteiger partial charge in [-0.15, -0.1) is 0 Å². The van der Waals surface area contributed by atoms with E-state index >= 15 is 0 Å². The summed E-state index contributed by atoms with van der Waals surface area (Å²) in [5.41, 5.74) is 17.8. The summed E-state index contributed by atoms with van der Waals surface area (Å²) in [6.07, 6.45) is 3.31. The average molecular weight is 799 g/mol. The van der Waals surface area contributed by atoms with Gasteiger partial charge in [-0.1, -0.05) is 141 Å². The van der Waals surface area contributed by atoms with Crippen LogP contribution in [-0.4, -0.2) is 22.2 Å². The molecule has 0 saturated carbocycles. The Balaban J connectivity index is 0.000000186. The molecular formula is C42H42Br2N2O4. The van der Waals surface area contributed by atoms with Crippen molar-refractivity contribution in [2.24, 2.45) is 11.5 Å². The second-order valence-corrected chi connectivity index (χ2v) is 13.8. The number of hydrogen-bond donors (Lipinski definition) is 4. The lowest BCUT2D eigenvalue weighted by molar-refractivity contribution is -0.143. The molecule has 6 aromatic carbocycles. The van der Waals surface area contributed by atoms with Crippen molar-refractivity contribution in [3.05, 3.63) is 165 Å². The number of carboxylic acid groups (broad SMARTS) is 2. The Morgan fingerprint density at radius 1 is 0.500 bits per heavy atom. The van der Waals surface area contributed by atoms with Crippen molar-refractivity contribution in [2.45, 2.75) is 50.6 Å². The largest absolute Gasteiger partial charge is 0.481 e. The van der Waals surface area contributed by atoms with E-state index in [1.807, 2.05) is 24.3 Å². The van der Waals surface area contributed by atoms with Gasteiger partial charge in [-0.3, -0.25) is 9.59 Å². The number of benzene rings is 6. The highest BCUT2D eigenvalue weighted by Crippen LogP contribution is 2.25. The predicted octanol–water partition coefficient (Wildman–Crippen LogP) is 10.4. The van der Waals surface area contributed by atoms with Crippen LogP contribution >= 0.6 is 31.9 Å². The van der Waals surface area contributed by atoms with Crippen LogP contribution in [0.25, 0.3) is 21.5 Å². The van der Waals surface area contributed by atoms with Gasteiger partial charge >= 0.3 is 11.9 Å². The number of nitrogens with two attached hydrogens (primary N) is 2. The van der Waals surface area contributed by atoms with Gasteiger partial charge in [-0.25, -0.2) is 0 Å². The lowest BCUT2D eigenvalue weighted by Crippen LogP contribution is -2.11.